The second-order valence-electron chi connectivity index (χ2n) is 6.92. The molecule has 4 heteroatoms. The molecule has 0 fully saturated rings. The first kappa shape index (κ1) is 19.5. The molecule has 0 radical (unpaired) electrons. The molecular formula is C25H22BrNO2. The molecule has 0 aliphatic carbocycles. The molecule has 4 rings (SSSR count). The molecule has 0 atom stereocenters. The van der Waals surface area contributed by atoms with Crippen LogP contribution in [0.3, 0.4) is 0 Å². The summed E-state index contributed by atoms with van der Waals surface area (Å²) in [6.45, 7) is 6.05. The fourth-order valence-corrected chi connectivity index (χ4v) is 3.92. The molecule has 0 unspecified atom stereocenters. The van der Waals surface area contributed by atoms with Crippen LogP contribution in [0.4, 0.5) is 5.69 Å². The molecular weight excluding hydrogens is 426 g/mol. The van der Waals surface area contributed by atoms with E-state index in [0.29, 0.717) is 5.58 Å². The summed E-state index contributed by atoms with van der Waals surface area (Å²) in [6.07, 6.45) is 0. The summed E-state index contributed by atoms with van der Waals surface area (Å²) in [6, 6.07) is 24.2. The average Bonchev–Trinajstić information content (AvgIpc) is 2.74. The molecule has 0 saturated carbocycles. The highest BCUT2D eigenvalue weighted by molar-refractivity contribution is 9.10. The van der Waals surface area contributed by atoms with Crippen molar-refractivity contribution in [2.45, 2.75) is 13.8 Å². The van der Waals surface area contributed by atoms with Gasteiger partial charge in [0, 0.05) is 40.8 Å². The maximum Gasteiger partial charge on any atom is 0.336 e. The van der Waals surface area contributed by atoms with Crippen molar-refractivity contribution in [3.05, 3.63) is 87.7 Å². The van der Waals surface area contributed by atoms with Crippen molar-refractivity contribution >= 4 is 32.6 Å². The van der Waals surface area contributed by atoms with Gasteiger partial charge in [0.15, 0.2) is 0 Å². The summed E-state index contributed by atoms with van der Waals surface area (Å²) in [4.78, 5) is 14.5. The number of anilines is 1. The average molecular weight is 448 g/mol. The predicted molar refractivity (Wildman–Crippen MR) is 125 cm³/mol. The number of halogens is 1. The fraction of sp³-hybridized carbons (Fsp3) is 0.160. The first-order valence-electron chi connectivity index (χ1n) is 9.78. The smallest absolute Gasteiger partial charge is 0.336 e. The van der Waals surface area contributed by atoms with E-state index in [1.807, 2.05) is 24.3 Å². The standard InChI is InChI=1S/C25H22BrNO2/c1-3-27(4-2)21-13-14-22-23(16-25(28)29-24(22)15-21)19-7-5-17(6-8-19)18-9-11-20(26)12-10-18/h5-16H,3-4H2,1-2H3. The zero-order valence-electron chi connectivity index (χ0n) is 16.5. The Morgan fingerprint density at radius 1 is 0.793 bits per heavy atom. The Morgan fingerprint density at radius 2 is 1.38 bits per heavy atom. The number of benzene rings is 3. The van der Waals surface area contributed by atoms with E-state index in [9.17, 15) is 4.79 Å². The van der Waals surface area contributed by atoms with Gasteiger partial charge in [0.1, 0.15) is 5.58 Å². The van der Waals surface area contributed by atoms with Gasteiger partial charge in [0.05, 0.1) is 0 Å². The Kier molecular flexibility index (Phi) is 5.54. The van der Waals surface area contributed by atoms with Crippen LogP contribution < -0.4 is 10.5 Å². The third kappa shape index (κ3) is 3.99. The summed E-state index contributed by atoms with van der Waals surface area (Å²) in [5.74, 6) is 0. The first-order chi connectivity index (χ1) is 14.1. The molecule has 0 amide bonds. The van der Waals surface area contributed by atoms with Crippen molar-refractivity contribution in [1.82, 2.24) is 0 Å². The molecule has 3 aromatic carbocycles. The number of hydrogen-bond acceptors (Lipinski definition) is 3. The summed E-state index contributed by atoms with van der Waals surface area (Å²) >= 11 is 3.47. The van der Waals surface area contributed by atoms with Gasteiger partial charge in [0.2, 0.25) is 0 Å². The van der Waals surface area contributed by atoms with Crippen molar-refractivity contribution in [3.8, 4) is 22.3 Å². The Labute approximate surface area is 178 Å². The van der Waals surface area contributed by atoms with E-state index in [4.69, 9.17) is 4.42 Å². The molecule has 0 spiro atoms. The molecule has 3 nitrogen and oxygen atoms in total. The van der Waals surface area contributed by atoms with Crippen molar-refractivity contribution < 1.29 is 4.42 Å². The molecule has 0 saturated heterocycles. The number of hydrogen-bond donors (Lipinski definition) is 0. The van der Waals surface area contributed by atoms with Crippen molar-refractivity contribution in [2.24, 2.45) is 0 Å². The summed E-state index contributed by atoms with van der Waals surface area (Å²) < 4.78 is 6.58. The topological polar surface area (TPSA) is 33.5 Å². The highest BCUT2D eigenvalue weighted by Gasteiger charge is 2.11. The van der Waals surface area contributed by atoms with Gasteiger partial charge in [-0.3, -0.25) is 0 Å². The van der Waals surface area contributed by atoms with E-state index < -0.39 is 0 Å². The minimum absolute atomic E-state index is 0.332. The van der Waals surface area contributed by atoms with Crippen LogP contribution >= 0.6 is 15.9 Å². The van der Waals surface area contributed by atoms with Gasteiger partial charge in [-0.05, 0) is 60.4 Å². The third-order valence-corrected chi connectivity index (χ3v) is 5.76. The van der Waals surface area contributed by atoms with Gasteiger partial charge in [0.25, 0.3) is 0 Å². The van der Waals surface area contributed by atoms with E-state index in [1.54, 1.807) is 6.07 Å². The molecule has 146 valence electrons. The third-order valence-electron chi connectivity index (χ3n) is 5.23. The Balaban J connectivity index is 1.77. The zero-order chi connectivity index (χ0) is 20.4. The van der Waals surface area contributed by atoms with Gasteiger partial charge in [-0.25, -0.2) is 4.79 Å². The largest absolute Gasteiger partial charge is 0.423 e. The molecule has 4 aromatic rings. The lowest BCUT2D eigenvalue weighted by atomic mass is 9.98. The zero-order valence-corrected chi connectivity index (χ0v) is 18.1. The second-order valence-corrected chi connectivity index (χ2v) is 7.83. The quantitative estimate of drug-likeness (QED) is 0.317. The lowest BCUT2D eigenvalue weighted by Crippen LogP contribution is -2.21. The maximum absolute atomic E-state index is 12.2. The Morgan fingerprint density at radius 3 is 2.00 bits per heavy atom. The van der Waals surface area contributed by atoms with Gasteiger partial charge in [-0.15, -0.1) is 0 Å². The molecule has 1 heterocycles. The lowest BCUT2D eigenvalue weighted by molar-refractivity contribution is 0.561. The molecule has 1 aromatic heterocycles. The van der Waals surface area contributed by atoms with Crippen LogP contribution in [0.2, 0.25) is 0 Å². The van der Waals surface area contributed by atoms with Crippen molar-refractivity contribution in [2.75, 3.05) is 18.0 Å². The minimum atomic E-state index is -0.332. The molecule has 0 aliphatic heterocycles. The second kappa shape index (κ2) is 8.26. The minimum Gasteiger partial charge on any atom is -0.423 e. The Hall–Kier alpha value is -2.85. The normalized spacial score (nSPS) is 11.0. The number of rotatable bonds is 5. The van der Waals surface area contributed by atoms with Crippen LogP contribution in [0.5, 0.6) is 0 Å². The lowest BCUT2D eigenvalue weighted by Gasteiger charge is -2.21. The number of nitrogens with zero attached hydrogens (tertiary/aromatic N) is 1. The molecule has 0 bridgehead atoms. The van der Waals surface area contributed by atoms with Crippen molar-refractivity contribution in [3.63, 3.8) is 0 Å². The first-order valence-corrected chi connectivity index (χ1v) is 10.6. The monoisotopic (exact) mass is 447 g/mol. The van der Waals surface area contributed by atoms with Gasteiger partial charge in [-0.2, -0.15) is 0 Å². The van der Waals surface area contributed by atoms with E-state index in [2.05, 4.69) is 77.1 Å². The van der Waals surface area contributed by atoms with E-state index >= 15 is 0 Å². The fourth-order valence-electron chi connectivity index (χ4n) is 3.66. The SMILES string of the molecule is CCN(CC)c1ccc2c(-c3ccc(-c4ccc(Br)cc4)cc3)cc(=O)oc2c1. The summed E-state index contributed by atoms with van der Waals surface area (Å²) in [5, 5.41) is 0.942. The highest BCUT2D eigenvalue weighted by Crippen LogP contribution is 2.31. The Bertz CT molecular complexity index is 1190. The molecule has 29 heavy (non-hydrogen) atoms. The predicted octanol–water partition coefficient (Wildman–Crippen LogP) is 6.74. The van der Waals surface area contributed by atoms with Gasteiger partial charge >= 0.3 is 5.63 Å². The maximum atomic E-state index is 12.2. The van der Waals surface area contributed by atoms with Gasteiger partial charge in [-0.1, -0.05) is 52.3 Å². The van der Waals surface area contributed by atoms with E-state index in [-0.39, 0.29) is 5.63 Å². The van der Waals surface area contributed by atoms with Crippen LogP contribution in [0.1, 0.15) is 13.8 Å². The van der Waals surface area contributed by atoms with E-state index in [1.165, 1.54) is 0 Å². The van der Waals surface area contributed by atoms with Crippen LogP contribution in [0, 0.1) is 0 Å². The van der Waals surface area contributed by atoms with Crippen LogP contribution in [0.25, 0.3) is 33.2 Å². The van der Waals surface area contributed by atoms with Gasteiger partial charge < -0.3 is 9.32 Å². The van der Waals surface area contributed by atoms with Crippen LogP contribution in [-0.4, -0.2) is 13.1 Å². The summed E-state index contributed by atoms with van der Waals surface area (Å²) in [5.41, 5.74) is 5.53. The highest BCUT2D eigenvalue weighted by atomic mass is 79.9. The summed E-state index contributed by atoms with van der Waals surface area (Å²) in [7, 11) is 0. The van der Waals surface area contributed by atoms with Crippen molar-refractivity contribution in [1.29, 1.82) is 0 Å². The van der Waals surface area contributed by atoms with Crippen LogP contribution in [0.15, 0.2) is 86.5 Å². The van der Waals surface area contributed by atoms with Crippen LogP contribution in [-0.2, 0) is 0 Å². The molecule has 0 N–H and O–H groups in total. The molecule has 0 aliphatic rings. The number of fused-ring (bicyclic) bond motifs is 1. The van der Waals surface area contributed by atoms with E-state index in [0.717, 1.165) is 50.9 Å².